The number of pyridine rings is 1. The summed E-state index contributed by atoms with van der Waals surface area (Å²) >= 11 is 2.83. The first kappa shape index (κ1) is 19.7. The molecule has 1 unspecified atom stereocenters. The van der Waals surface area contributed by atoms with Gasteiger partial charge in [-0.25, -0.2) is 14.4 Å². The minimum Gasteiger partial charge on any atom is -0.396 e. The Bertz CT molecular complexity index is 1120. The quantitative estimate of drug-likeness (QED) is 0.572. The third-order valence-electron chi connectivity index (χ3n) is 5.67. The van der Waals surface area contributed by atoms with E-state index in [0.29, 0.717) is 22.8 Å². The first-order valence-electron chi connectivity index (χ1n) is 10.1. The number of piperazine rings is 1. The summed E-state index contributed by atoms with van der Waals surface area (Å²) in [6.07, 6.45) is 2.06. The summed E-state index contributed by atoms with van der Waals surface area (Å²) in [6.45, 7) is 5.12. The lowest BCUT2D eigenvalue weighted by molar-refractivity contribution is 0.0938. The highest BCUT2D eigenvalue weighted by Crippen LogP contribution is 2.37. The number of aryl methyl sites for hydroxylation is 2. The van der Waals surface area contributed by atoms with E-state index < -0.39 is 0 Å². The zero-order valence-corrected chi connectivity index (χ0v) is 18.3. The van der Waals surface area contributed by atoms with Crippen molar-refractivity contribution in [3.8, 4) is 0 Å². The van der Waals surface area contributed by atoms with Crippen LogP contribution in [-0.4, -0.2) is 48.1 Å². The van der Waals surface area contributed by atoms with Crippen LogP contribution in [0, 0.1) is 12.7 Å². The molecular weight excluding hydrogens is 423 g/mol. The summed E-state index contributed by atoms with van der Waals surface area (Å²) in [5.41, 5.74) is 8.51. The van der Waals surface area contributed by atoms with Gasteiger partial charge in [-0.05, 0) is 37.8 Å². The summed E-state index contributed by atoms with van der Waals surface area (Å²) in [4.78, 5) is 25.2. The molecule has 30 heavy (non-hydrogen) atoms. The average Bonchev–Trinajstić information content (AvgIpc) is 3.25. The summed E-state index contributed by atoms with van der Waals surface area (Å²) in [7, 11) is 0. The first-order valence-corrected chi connectivity index (χ1v) is 11.7. The van der Waals surface area contributed by atoms with Crippen molar-refractivity contribution in [2.24, 2.45) is 0 Å². The van der Waals surface area contributed by atoms with E-state index >= 15 is 0 Å². The number of halogens is 1. The second-order valence-corrected chi connectivity index (χ2v) is 9.96. The van der Waals surface area contributed by atoms with Crippen molar-refractivity contribution in [3.63, 3.8) is 0 Å². The number of rotatable bonds is 3. The lowest BCUT2D eigenvalue weighted by atomic mass is 9.91. The number of carbonyl (C=O) groups is 1. The Morgan fingerprint density at radius 1 is 1.33 bits per heavy atom. The predicted octanol–water partition coefficient (Wildman–Crippen LogP) is 2.48. The third-order valence-corrected chi connectivity index (χ3v) is 7.90. The van der Waals surface area contributed by atoms with E-state index in [2.05, 4.69) is 20.6 Å². The topological polar surface area (TPSA) is 96.2 Å². The van der Waals surface area contributed by atoms with Crippen molar-refractivity contribution in [2.75, 3.05) is 36.8 Å². The van der Waals surface area contributed by atoms with Gasteiger partial charge in [0.25, 0.3) is 5.91 Å². The van der Waals surface area contributed by atoms with Crippen LogP contribution < -0.4 is 21.3 Å². The van der Waals surface area contributed by atoms with Crippen LogP contribution in [0.2, 0.25) is 0 Å². The number of carbonyl (C=O) groups excluding carboxylic acids is 1. The number of amides is 1. The molecule has 3 aromatic rings. The first-order chi connectivity index (χ1) is 14.5. The van der Waals surface area contributed by atoms with Crippen LogP contribution in [0.4, 0.5) is 15.9 Å². The monoisotopic (exact) mass is 446 g/mol. The molecule has 7 nitrogen and oxygen atoms in total. The Morgan fingerprint density at radius 2 is 2.13 bits per heavy atom. The molecule has 2 aliphatic rings. The van der Waals surface area contributed by atoms with Crippen molar-refractivity contribution in [1.82, 2.24) is 20.6 Å². The number of fused-ring (bicyclic) bond motifs is 2. The Hall–Kier alpha value is -2.30. The molecule has 10 heteroatoms. The molecule has 1 amide bonds. The molecule has 1 saturated heterocycles. The molecule has 0 radical (unpaired) electrons. The van der Waals surface area contributed by atoms with Crippen LogP contribution in [0.25, 0.3) is 9.53 Å². The number of hydrogen-bond acceptors (Lipinski definition) is 8. The smallest absolute Gasteiger partial charge is 0.263 e. The van der Waals surface area contributed by atoms with E-state index in [9.17, 15) is 9.18 Å². The number of nitrogen functional groups attached to an aromatic ring is 1. The van der Waals surface area contributed by atoms with Crippen molar-refractivity contribution in [1.29, 1.82) is 0 Å². The second-order valence-electron chi connectivity index (χ2n) is 7.76. The van der Waals surface area contributed by atoms with Crippen molar-refractivity contribution in [2.45, 2.75) is 32.2 Å². The fraction of sp³-hybridized carbons (Fsp3) is 0.450. The Kier molecular flexibility index (Phi) is 5.08. The summed E-state index contributed by atoms with van der Waals surface area (Å²) in [6, 6.07) is 1.53. The van der Waals surface area contributed by atoms with Gasteiger partial charge in [-0.3, -0.25) is 4.79 Å². The van der Waals surface area contributed by atoms with Crippen molar-refractivity contribution in [3.05, 3.63) is 33.0 Å². The Labute approximate surface area is 181 Å². The highest BCUT2D eigenvalue weighted by Gasteiger charge is 2.27. The van der Waals surface area contributed by atoms with Crippen molar-refractivity contribution < 1.29 is 9.18 Å². The largest absolute Gasteiger partial charge is 0.396 e. The molecule has 4 heterocycles. The van der Waals surface area contributed by atoms with E-state index in [1.165, 1.54) is 22.7 Å². The van der Waals surface area contributed by atoms with E-state index in [0.717, 1.165) is 64.8 Å². The predicted molar refractivity (Wildman–Crippen MR) is 119 cm³/mol. The van der Waals surface area contributed by atoms with Gasteiger partial charge in [0.2, 0.25) is 0 Å². The van der Waals surface area contributed by atoms with Gasteiger partial charge in [-0.15, -0.1) is 22.7 Å². The molecule has 0 saturated carbocycles. The summed E-state index contributed by atoms with van der Waals surface area (Å²) < 4.78 is 15.6. The fourth-order valence-corrected chi connectivity index (χ4v) is 6.26. The standard InChI is InChI=1S/C20H23FN6OS2/c1-10-24-20-17(29-10)15(22)16(30-20)19(28)25-12-2-3-14-11(8-12)9-13(21)18(26-14)27-6-4-23-5-7-27/h9,12,23H,2-8,22H2,1H3,(H,25,28). The number of anilines is 2. The van der Waals surface area contributed by atoms with Gasteiger partial charge in [-0.1, -0.05) is 0 Å². The number of thiophene rings is 1. The zero-order chi connectivity index (χ0) is 20.8. The summed E-state index contributed by atoms with van der Waals surface area (Å²) in [5.74, 6) is -0.0153. The van der Waals surface area contributed by atoms with Gasteiger partial charge in [0.05, 0.1) is 15.4 Å². The van der Waals surface area contributed by atoms with E-state index in [1.54, 1.807) is 6.07 Å². The maximum Gasteiger partial charge on any atom is 0.263 e. The normalized spacial score (nSPS) is 19.1. The minimum absolute atomic E-state index is 0.0644. The SMILES string of the molecule is Cc1nc2sc(C(=O)NC3CCc4nc(N5CCNCC5)c(F)cc4C3)c(N)c2s1. The van der Waals surface area contributed by atoms with Gasteiger partial charge in [0.15, 0.2) is 11.6 Å². The lowest BCUT2D eigenvalue weighted by Gasteiger charge is -2.31. The van der Waals surface area contributed by atoms with E-state index in [4.69, 9.17) is 5.73 Å². The lowest BCUT2D eigenvalue weighted by Crippen LogP contribution is -2.44. The Morgan fingerprint density at radius 3 is 2.90 bits per heavy atom. The highest BCUT2D eigenvalue weighted by atomic mass is 32.1. The molecule has 1 fully saturated rings. The Balaban J connectivity index is 1.31. The number of hydrogen-bond donors (Lipinski definition) is 3. The van der Waals surface area contributed by atoms with Gasteiger partial charge in [0, 0.05) is 37.9 Å². The molecule has 3 aromatic heterocycles. The molecule has 1 aliphatic heterocycles. The minimum atomic E-state index is -0.285. The molecular formula is C20H23FN6OS2. The zero-order valence-electron chi connectivity index (χ0n) is 16.6. The van der Waals surface area contributed by atoms with Crippen LogP contribution in [0.1, 0.15) is 32.4 Å². The molecule has 0 spiro atoms. The number of nitrogens with one attached hydrogen (secondary N) is 2. The second kappa shape index (κ2) is 7.75. The maximum absolute atomic E-state index is 14.8. The third kappa shape index (κ3) is 3.52. The van der Waals surface area contributed by atoms with E-state index in [1.807, 2.05) is 11.8 Å². The highest BCUT2D eigenvalue weighted by molar-refractivity contribution is 7.29. The van der Waals surface area contributed by atoms with Crippen LogP contribution in [-0.2, 0) is 12.8 Å². The molecule has 0 aromatic carbocycles. The number of thiazole rings is 1. The van der Waals surface area contributed by atoms with Crippen LogP contribution >= 0.6 is 22.7 Å². The van der Waals surface area contributed by atoms with Gasteiger partial charge < -0.3 is 21.3 Å². The maximum atomic E-state index is 14.8. The molecule has 1 aliphatic carbocycles. The number of nitrogens with two attached hydrogens (primary N) is 1. The molecule has 5 rings (SSSR count). The average molecular weight is 447 g/mol. The molecule has 4 N–H and O–H groups in total. The fourth-order valence-electron chi connectivity index (χ4n) is 4.17. The molecule has 158 valence electrons. The van der Waals surface area contributed by atoms with Crippen LogP contribution in [0.3, 0.4) is 0 Å². The van der Waals surface area contributed by atoms with Crippen molar-refractivity contribution >= 4 is 49.6 Å². The summed E-state index contributed by atoms with van der Waals surface area (Å²) in [5, 5.41) is 7.29. The van der Waals surface area contributed by atoms with E-state index in [-0.39, 0.29) is 17.8 Å². The molecule has 0 bridgehead atoms. The van der Waals surface area contributed by atoms with Gasteiger partial charge in [0.1, 0.15) is 9.71 Å². The van der Waals surface area contributed by atoms with Crippen LogP contribution in [0.15, 0.2) is 6.07 Å². The number of nitrogens with zero attached hydrogens (tertiary/aromatic N) is 3. The van der Waals surface area contributed by atoms with Gasteiger partial charge >= 0.3 is 0 Å². The van der Waals surface area contributed by atoms with Crippen LogP contribution in [0.5, 0.6) is 0 Å². The van der Waals surface area contributed by atoms with Gasteiger partial charge in [-0.2, -0.15) is 0 Å². The number of aromatic nitrogens is 2. The molecule has 1 atom stereocenters.